The van der Waals surface area contributed by atoms with Crippen LogP contribution in [0.15, 0.2) is 46.0 Å². The van der Waals surface area contributed by atoms with Gasteiger partial charge in [0.2, 0.25) is 0 Å². The second-order valence-electron chi connectivity index (χ2n) is 6.50. The summed E-state index contributed by atoms with van der Waals surface area (Å²) in [6.45, 7) is 3.76. The fourth-order valence-electron chi connectivity index (χ4n) is 2.90. The first-order valence-corrected chi connectivity index (χ1v) is 9.57. The predicted molar refractivity (Wildman–Crippen MR) is 106 cm³/mol. The van der Waals surface area contributed by atoms with E-state index in [-0.39, 0.29) is 0 Å². The van der Waals surface area contributed by atoms with Gasteiger partial charge in [0.05, 0.1) is 31.5 Å². The number of rotatable bonds is 8. The number of aliphatic imine (C=N–C) groups is 1. The van der Waals surface area contributed by atoms with E-state index >= 15 is 0 Å². The second kappa shape index (κ2) is 10.2. The highest BCUT2D eigenvalue weighted by Crippen LogP contribution is 2.25. The summed E-state index contributed by atoms with van der Waals surface area (Å²) in [4.78, 5) is 4.69. The van der Waals surface area contributed by atoms with Crippen molar-refractivity contribution in [1.29, 1.82) is 0 Å². The summed E-state index contributed by atoms with van der Waals surface area (Å²) in [5, 5.41) is 7.38. The van der Waals surface area contributed by atoms with Crippen LogP contribution >= 0.6 is 11.6 Å². The zero-order valence-corrected chi connectivity index (χ0v) is 16.3. The largest absolute Gasteiger partial charge is 0.495 e. The number of nitrogens with zero attached hydrogens (tertiary/aromatic N) is 1. The number of hydrogen-bond acceptors (Lipinski definition) is 4. The van der Waals surface area contributed by atoms with Gasteiger partial charge in [0, 0.05) is 32.0 Å². The lowest BCUT2D eigenvalue weighted by atomic mass is 10.1. The van der Waals surface area contributed by atoms with Crippen molar-refractivity contribution < 1.29 is 13.9 Å². The fraction of sp³-hybridized carbons (Fsp3) is 0.450. The van der Waals surface area contributed by atoms with Gasteiger partial charge >= 0.3 is 0 Å². The SMILES string of the molecule is COc1ccc(CN=C(NCCc2ccco2)NCC2CCOC2)cc1Cl. The second-order valence-corrected chi connectivity index (χ2v) is 6.91. The van der Waals surface area contributed by atoms with E-state index in [9.17, 15) is 0 Å². The van der Waals surface area contributed by atoms with Gasteiger partial charge in [0.1, 0.15) is 11.5 Å². The summed E-state index contributed by atoms with van der Waals surface area (Å²) >= 11 is 6.20. The lowest BCUT2D eigenvalue weighted by molar-refractivity contribution is 0.186. The zero-order chi connectivity index (χ0) is 18.9. The van der Waals surface area contributed by atoms with Crippen LogP contribution in [0, 0.1) is 5.92 Å². The molecule has 0 radical (unpaired) electrons. The molecule has 1 aromatic carbocycles. The molecule has 0 spiro atoms. The van der Waals surface area contributed by atoms with Crippen LogP contribution in [-0.4, -0.2) is 39.4 Å². The van der Waals surface area contributed by atoms with Gasteiger partial charge in [0.15, 0.2) is 5.96 Å². The van der Waals surface area contributed by atoms with Gasteiger partial charge in [-0.1, -0.05) is 17.7 Å². The van der Waals surface area contributed by atoms with Gasteiger partial charge in [-0.3, -0.25) is 0 Å². The van der Waals surface area contributed by atoms with Crippen LogP contribution in [0.5, 0.6) is 5.75 Å². The minimum atomic E-state index is 0.525. The Kier molecular flexibility index (Phi) is 7.42. The Labute approximate surface area is 164 Å². The van der Waals surface area contributed by atoms with Crippen molar-refractivity contribution in [2.24, 2.45) is 10.9 Å². The summed E-state index contributed by atoms with van der Waals surface area (Å²) in [7, 11) is 1.61. The highest BCUT2D eigenvalue weighted by atomic mass is 35.5. The quantitative estimate of drug-likeness (QED) is 0.534. The number of benzene rings is 1. The minimum absolute atomic E-state index is 0.525. The van der Waals surface area contributed by atoms with E-state index in [1.807, 2.05) is 30.3 Å². The lowest BCUT2D eigenvalue weighted by Gasteiger charge is -2.15. The van der Waals surface area contributed by atoms with Crippen LogP contribution in [-0.2, 0) is 17.7 Å². The third-order valence-corrected chi connectivity index (χ3v) is 4.76. The highest BCUT2D eigenvalue weighted by Gasteiger charge is 2.15. The first-order chi connectivity index (χ1) is 13.2. The van der Waals surface area contributed by atoms with E-state index in [0.29, 0.717) is 23.2 Å². The Morgan fingerprint density at radius 3 is 2.96 bits per heavy atom. The van der Waals surface area contributed by atoms with Crippen molar-refractivity contribution in [2.75, 3.05) is 33.4 Å². The van der Waals surface area contributed by atoms with Gasteiger partial charge in [-0.15, -0.1) is 0 Å². The number of nitrogens with one attached hydrogen (secondary N) is 2. The summed E-state index contributed by atoms with van der Waals surface area (Å²) in [6.07, 6.45) is 3.57. The lowest BCUT2D eigenvalue weighted by Crippen LogP contribution is -2.40. The molecule has 6 nitrogen and oxygen atoms in total. The Hall–Kier alpha value is -2.18. The van der Waals surface area contributed by atoms with Crippen molar-refractivity contribution in [2.45, 2.75) is 19.4 Å². The minimum Gasteiger partial charge on any atom is -0.495 e. The predicted octanol–water partition coefficient (Wildman–Crippen LogP) is 3.26. The molecule has 2 N–H and O–H groups in total. The van der Waals surface area contributed by atoms with Crippen molar-refractivity contribution in [3.63, 3.8) is 0 Å². The average Bonchev–Trinajstić information content (AvgIpc) is 3.37. The molecule has 0 amide bonds. The fourth-order valence-corrected chi connectivity index (χ4v) is 3.18. The van der Waals surface area contributed by atoms with Gasteiger partial charge in [-0.25, -0.2) is 4.99 Å². The molecule has 3 rings (SSSR count). The number of guanidine groups is 1. The van der Waals surface area contributed by atoms with Crippen molar-refractivity contribution >= 4 is 17.6 Å². The number of furan rings is 1. The van der Waals surface area contributed by atoms with Crippen LogP contribution in [0.1, 0.15) is 17.7 Å². The van der Waals surface area contributed by atoms with Gasteiger partial charge in [-0.05, 0) is 36.2 Å². The molecule has 0 bridgehead atoms. The van der Waals surface area contributed by atoms with Crippen molar-refractivity contribution in [3.05, 3.63) is 52.9 Å². The normalized spacial score (nSPS) is 17.1. The molecule has 1 saturated heterocycles. The van der Waals surface area contributed by atoms with Crippen LogP contribution < -0.4 is 15.4 Å². The molecule has 2 heterocycles. The molecule has 27 heavy (non-hydrogen) atoms. The summed E-state index contributed by atoms with van der Waals surface area (Å²) in [6, 6.07) is 9.59. The third-order valence-electron chi connectivity index (χ3n) is 4.46. The molecule has 1 fully saturated rings. The standard InChI is InChI=1S/C20H26ClN3O3/c1-25-19-5-4-15(11-18(19)21)12-23-20(24-13-16-7-10-26-14-16)22-8-6-17-3-2-9-27-17/h2-5,9,11,16H,6-8,10,12-14H2,1H3,(H2,22,23,24). The number of halogens is 1. The van der Waals surface area contributed by atoms with Gasteiger partial charge < -0.3 is 24.5 Å². The summed E-state index contributed by atoms with van der Waals surface area (Å²) in [5.74, 6) is 2.92. The maximum atomic E-state index is 6.20. The molecule has 0 aliphatic carbocycles. The van der Waals surface area contributed by atoms with Crippen LogP contribution in [0.25, 0.3) is 0 Å². The molecule has 1 aliphatic heterocycles. The third kappa shape index (κ3) is 6.19. The van der Waals surface area contributed by atoms with E-state index in [4.69, 9.17) is 30.5 Å². The van der Waals surface area contributed by atoms with Gasteiger partial charge in [0.25, 0.3) is 0 Å². The van der Waals surface area contributed by atoms with Crippen LogP contribution in [0.4, 0.5) is 0 Å². The first kappa shape index (κ1) is 19.6. The molecule has 1 aliphatic rings. The summed E-state index contributed by atoms with van der Waals surface area (Å²) < 4.78 is 16.0. The van der Waals surface area contributed by atoms with E-state index < -0.39 is 0 Å². The Morgan fingerprint density at radius 1 is 1.33 bits per heavy atom. The maximum absolute atomic E-state index is 6.20. The zero-order valence-electron chi connectivity index (χ0n) is 15.5. The first-order valence-electron chi connectivity index (χ1n) is 9.19. The van der Waals surface area contributed by atoms with E-state index in [1.165, 1.54) is 0 Å². The molecule has 1 atom stereocenters. The van der Waals surface area contributed by atoms with Crippen molar-refractivity contribution in [3.8, 4) is 5.75 Å². The van der Waals surface area contributed by atoms with E-state index in [0.717, 1.165) is 56.4 Å². The Bertz CT molecular complexity index is 728. The molecular weight excluding hydrogens is 366 g/mol. The number of methoxy groups -OCH3 is 1. The highest BCUT2D eigenvalue weighted by molar-refractivity contribution is 6.32. The van der Waals surface area contributed by atoms with E-state index in [2.05, 4.69) is 10.6 Å². The van der Waals surface area contributed by atoms with Crippen LogP contribution in [0.2, 0.25) is 5.02 Å². The Balaban J connectivity index is 1.57. The molecule has 7 heteroatoms. The van der Waals surface area contributed by atoms with Gasteiger partial charge in [-0.2, -0.15) is 0 Å². The molecule has 1 unspecified atom stereocenters. The molecular formula is C20H26ClN3O3. The number of hydrogen-bond donors (Lipinski definition) is 2. The average molecular weight is 392 g/mol. The molecule has 1 aromatic heterocycles. The Morgan fingerprint density at radius 2 is 2.26 bits per heavy atom. The molecule has 0 saturated carbocycles. The monoisotopic (exact) mass is 391 g/mol. The van der Waals surface area contributed by atoms with E-state index in [1.54, 1.807) is 13.4 Å². The smallest absolute Gasteiger partial charge is 0.191 e. The van der Waals surface area contributed by atoms with Crippen molar-refractivity contribution in [1.82, 2.24) is 10.6 Å². The maximum Gasteiger partial charge on any atom is 0.191 e. The number of ether oxygens (including phenoxy) is 2. The summed E-state index contributed by atoms with van der Waals surface area (Å²) in [5.41, 5.74) is 1.03. The molecule has 2 aromatic rings. The topological polar surface area (TPSA) is 68.0 Å². The van der Waals surface area contributed by atoms with Crippen LogP contribution in [0.3, 0.4) is 0 Å². The molecule has 146 valence electrons.